The van der Waals surface area contributed by atoms with Gasteiger partial charge in [-0.15, -0.1) is 0 Å². The largest absolute Gasteiger partial charge is 1.00 e. The fourth-order valence-corrected chi connectivity index (χ4v) is 3.28. The number of hydrogen-bond acceptors (Lipinski definition) is 4. The molecule has 7 nitrogen and oxygen atoms in total. The second kappa shape index (κ2) is 22.5. The molecule has 168 valence electrons. The van der Waals surface area contributed by atoms with Gasteiger partial charge in [-0.25, -0.2) is 0 Å². The third-order valence-electron chi connectivity index (χ3n) is 4.35. The molecular weight excluding hydrogens is 407 g/mol. The van der Waals surface area contributed by atoms with E-state index in [2.05, 4.69) is 13.8 Å². The van der Waals surface area contributed by atoms with Gasteiger partial charge < -0.3 is 17.1 Å². The Bertz CT molecular complexity index is 481. The van der Waals surface area contributed by atoms with Gasteiger partial charge in [-0.2, -0.15) is 14.8 Å². The molecule has 1 unspecified atom stereocenters. The van der Waals surface area contributed by atoms with Crippen LogP contribution >= 0.6 is 0 Å². The van der Waals surface area contributed by atoms with Crippen molar-refractivity contribution in [2.45, 2.75) is 108 Å². The van der Waals surface area contributed by atoms with Gasteiger partial charge in [-0.3, -0.25) is 14.1 Å². The van der Waals surface area contributed by atoms with Crippen LogP contribution < -0.4 is 29.6 Å². The summed E-state index contributed by atoms with van der Waals surface area (Å²) < 4.78 is 28.7. The monoisotopic (exact) mass is 446 g/mol. The van der Waals surface area contributed by atoms with Crippen molar-refractivity contribution >= 4 is 22.1 Å². The Labute approximate surface area is 199 Å². The molecule has 0 heterocycles. The molecule has 0 aliphatic heterocycles. The predicted molar refractivity (Wildman–Crippen MR) is 111 cm³/mol. The van der Waals surface area contributed by atoms with Crippen LogP contribution in [0.25, 0.3) is 0 Å². The smallest absolute Gasteiger partial charge is 0.481 e. The second-order valence-electron chi connectivity index (χ2n) is 7.04. The zero-order valence-corrected chi connectivity index (χ0v) is 21.1. The Hall–Kier alpha value is -0.150. The van der Waals surface area contributed by atoms with Crippen molar-refractivity contribution in [1.82, 2.24) is 0 Å². The minimum Gasteiger partial charge on any atom is -0.481 e. The first-order chi connectivity index (χ1) is 13.2. The molecule has 0 saturated carbocycles. The van der Waals surface area contributed by atoms with Crippen molar-refractivity contribution in [2.24, 2.45) is 0 Å². The molecule has 0 radical (unpaired) electrons. The normalized spacial score (nSPS) is 11.7. The van der Waals surface area contributed by atoms with Gasteiger partial charge in [0, 0.05) is 0 Å². The first kappa shape index (κ1) is 33.5. The Morgan fingerprint density at radius 3 is 1.34 bits per heavy atom. The molecule has 0 amide bonds. The molecule has 0 fully saturated rings. The summed E-state index contributed by atoms with van der Waals surface area (Å²) in [6, 6.07) is 0. The van der Waals surface area contributed by atoms with Gasteiger partial charge in [0.15, 0.2) is 5.25 Å². The summed E-state index contributed by atoms with van der Waals surface area (Å²) in [5, 5.41) is 13.9. The van der Waals surface area contributed by atoms with Crippen LogP contribution in [-0.2, 0) is 19.7 Å². The minimum atomic E-state index is -4.84. The average molecular weight is 447 g/mol. The Balaban J connectivity index is -0.000000468. The van der Waals surface area contributed by atoms with E-state index in [-0.39, 0.29) is 29.6 Å². The molecule has 0 aliphatic carbocycles. The molecule has 0 aromatic carbocycles. The molecule has 0 rings (SSSR count). The molecule has 0 spiro atoms. The van der Waals surface area contributed by atoms with Gasteiger partial charge in [0.25, 0.3) is 10.1 Å². The summed E-state index contributed by atoms with van der Waals surface area (Å²) in [5.74, 6) is -3.50. The number of hydrogen-bond donors (Lipinski definition) is 3. The molecular formula is C20H39NaO7S. The van der Waals surface area contributed by atoms with Crippen LogP contribution in [0.15, 0.2) is 0 Å². The van der Waals surface area contributed by atoms with Crippen molar-refractivity contribution in [2.75, 3.05) is 0 Å². The third-order valence-corrected chi connectivity index (χ3v) is 5.44. The van der Waals surface area contributed by atoms with Crippen molar-refractivity contribution in [3.05, 3.63) is 6.92 Å². The summed E-state index contributed by atoms with van der Waals surface area (Å²) in [4.78, 5) is 20.0. The first-order valence-corrected chi connectivity index (χ1v) is 11.9. The number of carboxylic acid groups (broad SMARTS) is 2. The first-order valence-electron chi connectivity index (χ1n) is 10.4. The predicted octanol–water partition coefficient (Wildman–Crippen LogP) is 2.11. The molecule has 0 saturated heterocycles. The van der Waals surface area contributed by atoms with E-state index in [1.165, 1.54) is 83.5 Å². The van der Waals surface area contributed by atoms with Crippen molar-refractivity contribution in [3.63, 3.8) is 0 Å². The van der Waals surface area contributed by atoms with E-state index in [0.29, 0.717) is 0 Å². The van der Waals surface area contributed by atoms with E-state index in [0.717, 1.165) is 6.42 Å². The van der Waals surface area contributed by atoms with E-state index in [4.69, 9.17) is 14.8 Å². The average Bonchev–Trinajstić information content (AvgIpc) is 2.60. The van der Waals surface area contributed by atoms with Crippen LogP contribution in [0.5, 0.6) is 0 Å². The Morgan fingerprint density at radius 1 is 0.793 bits per heavy atom. The third kappa shape index (κ3) is 25.8. The number of rotatable bonds is 17. The second-order valence-corrected chi connectivity index (χ2v) is 8.63. The molecule has 0 aromatic rings. The number of carbonyl (C=O) groups is 2. The molecule has 3 N–H and O–H groups in total. The van der Waals surface area contributed by atoms with Crippen molar-refractivity contribution in [1.29, 1.82) is 0 Å². The summed E-state index contributed by atoms with van der Waals surface area (Å²) in [6.07, 6.45) is 18.7. The maximum Gasteiger partial charge on any atom is 1.00 e. The van der Waals surface area contributed by atoms with Gasteiger partial charge in [-0.05, 0) is 0 Å². The molecule has 0 aliphatic rings. The van der Waals surface area contributed by atoms with Crippen LogP contribution in [0.2, 0.25) is 0 Å². The zero-order valence-electron chi connectivity index (χ0n) is 18.3. The summed E-state index contributed by atoms with van der Waals surface area (Å²) in [5.41, 5.74) is 0. The summed E-state index contributed by atoms with van der Waals surface area (Å²) in [6.45, 7) is 6.16. The molecule has 9 heteroatoms. The standard InChI is InChI=1S/C16H33.C4H6O7S.Na/c1-3-5-7-9-11-13-15-16-14-12-10-8-6-4-2;5-3(6)1-2(4(7)8)12(9,10)11;/h1,3-16H2,2H3;2H,1H2,(H,5,6)(H,7,8)(H,9,10,11);/q-1;;+1. The molecule has 29 heavy (non-hydrogen) atoms. The molecule has 1 atom stereocenters. The van der Waals surface area contributed by atoms with Crippen LogP contribution in [0, 0.1) is 6.92 Å². The fourth-order valence-electron chi connectivity index (χ4n) is 2.67. The topological polar surface area (TPSA) is 129 Å². The van der Waals surface area contributed by atoms with Crippen LogP contribution in [-0.4, -0.2) is 40.4 Å². The molecule has 0 aromatic heterocycles. The van der Waals surface area contributed by atoms with Crippen molar-refractivity contribution < 1.29 is 62.3 Å². The van der Waals surface area contributed by atoms with Crippen LogP contribution in [0.1, 0.15) is 103 Å². The SMILES string of the molecule is O=C(O)CC(C(=O)O)S(=O)(=O)O.[CH2-]CCCCCCCCCCCCCCC.[Na+]. The van der Waals surface area contributed by atoms with Gasteiger partial charge in [0.2, 0.25) is 0 Å². The summed E-state index contributed by atoms with van der Waals surface area (Å²) in [7, 11) is -4.84. The van der Waals surface area contributed by atoms with Gasteiger partial charge in [0.1, 0.15) is 0 Å². The molecule has 0 bridgehead atoms. The maximum absolute atomic E-state index is 10.2. The Kier molecular flexibility index (Phi) is 26.0. The quantitative estimate of drug-likeness (QED) is 0.135. The van der Waals surface area contributed by atoms with E-state index >= 15 is 0 Å². The zero-order chi connectivity index (χ0) is 21.8. The minimum absolute atomic E-state index is 0. The van der Waals surface area contributed by atoms with Crippen LogP contribution in [0.4, 0.5) is 0 Å². The van der Waals surface area contributed by atoms with Crippen molar-refractivity contribution in [3.8, 4) is 0 Å². The van der Waals surface area contributed by atoms with E-state index in [1.807, 2.05) is 0 Å². The fraction of sp³-hybridized carbons (Fsp3) is 0.850. The number of carboxylic acids is 2. The van der Waals surface area contributed by atoms with Gasteiger partial charge in [0.05, 0.1) is 6.42 Å². The van der Waals surface area contributed by atoms with E-state index in [1.54, 1.807) is 0 Å². The Morgan fingerprint density at radius 2 is 1.14 bits per heavy atom. The van der Waals surface area contributed by atoms with E-state index < -0.39 is 33.7 Å². The van der Waals surface area contributed by atoms with E-state index in [9.17, 15) is 18.0 Å². The summed E-state index contributed by atoms with van der Waals surface area (Å²) >= 11 is 0. The maximum atomic E-state index is 10.2. The van der Waals surface area contributed by atoms with Crippen LogP contribution in [0.3, 0.4) is 0 Å². The number of aliphatic carboxylic acids is 2. The van der Waals surface area contributed by atoms with Gasteiger partial charge in [-0.1, -0.05) is 90.4 Å². The van der Waals surface area contributed by atoms with Gasteiger partial charge >= 0.3 is 41.5 Å². The number of unbranched alkanes of at least 4 members (excludes halogenated alkanes) is 13.